The number of hydrogen-bond acceptors (Lipinski definition) is 5. The lowest BCUT2D eigenvalue weighted by atomic mass is 9.97. The first-order chi connectivity index (χ1) is 14.9. The minimum absolute atomic E-state index is 0.143. The normalized spacial score (nSPS) is 11.8. The van der Waals surface area contributed by atoms with Gasteiger partial charge in [-0.25, -0.2) is 5.43 Å². The van der Waals surface area contributed by atoms with Gasteiger partial charge in [-0.2, -0.15) is 18.3 Å². The van der Waals surface area contributed by atoms with Crippen LogP contribution in [0.4, 0.5) is 18.9 Å². The highest BCUT2D eigenvalue weighted by Crippen LogP contribution is 2.33. The highest BCUT2D eigenvalue weighted by molar-refractivity contribution is 5.85. The molecule has 0 bridgehead atoms. The van der Waals surface area contributed by atoms with Crippen LogP contribution in [0.5, 0.6) is 5.75 Å². The zero-order valence-electron chi connectivity index (χ0n) is 18.1. The minimum Gasteiger partial charge on any atom is -0.494 e. The molecular formula is C22H24F3N3O4. The van der Waals surface area contributed by atoms with Gasteiger partial charge in [0.1, 0.15) is 5.75 Å². The lowest BCUT2D eigenvalue weighted by molar-refractivity contribution is -0.385. The molecule has 7 nitrogen and oxygen atoms in total. The number of nitrogens with zero attached hydrogens (tertiary/aromatic N) is 2. The van der Waals surface area contributed by atoms with Crippen LogP contribution in [-0.4, -0.2) is 23.7 Å². The summed E-state index contributed by atoms with van der Waals surface area (Å²) in [5, 5.41) is 15.0. The molecule has 0 aliphatic carbocycles. The predicted molar refractivity (Wildman–Crippen MR) is 114 cm³/mol. The summed E-state index contributed by atoms with van der Waals surface area (Å²) in [6.45, 7) is 8.32. The molecule has 2 aromatic rings. The number of carbonyl (C=O) groups is 1. The number of hydrazone groups is 1. The maximum atomic E-state index is 12.8. The summed E-state index contributed by atoms with van der Waals surface area (Å²) in [5.41, 5.74) is 2.78. The van der Waals surface area contributed by atoms with Crippen LogP contribution in [0.2, 0.25) is 0 Å². The van der Waals surface area contributed by atoms with E-state index in [0.717, 1.165) is 28.5 Å². The second kappa shape index (κ2) is 10.3. The molecule has 0 aliphatic rings. The molecule has 10 heteroatoms. The van der Waals surface area contributed by atoms with Crippen LogP contribution in [0, 0.1) is 17.0 Å². The van der Waals surface area contributed by atoms with E-state index in [1.165, 1.54) is 6.21 Å². The van der Waals surface area contributed by atoms with Gasteiger partial charge in [0.05, 0.1) is 29.7 Å². The summed E-state index contributed by atoms with van der Waals surface area (Å²) in [6, 6.07) is 5.84. The van der Waals surface area contributed by atoms with Crippen molar-refractivity contribution >= 4 is 17.8 Å². The number of amides is 1. The van der Waals surface area contributed by atoms with E-state index in [-0.39, 0.29) is 11.5 Å². The topological polar surface area (TPSA) is 93.8 Å². The van der Waals surface area contributed by atoms with Crippen LogP contribution >= 0.6 is 0 Å². The van der Waals surface area contributed by atoms with Crippen LogP contribution in [0.15, 0.2) is 35.4 Å². The third kappa shape index (κ3) is 6.29. The fraction of sp³-hybridized carbons (Fsp3) is 0.364. The Labute approximate surface area is 183 Å². The molecule has 2 rings (SSSR count). The van der Waals surface area contributed by atoms with E-state index < -0.39 is 34.7 Å². The first-order valence-electron chi connectivity index (χ1n) is 9.87. The smallest absolute Gasteiger partial charge is 0.416 e. The Balaban J connectivity index is 2.17. The van der Waals surface area contributed by atoms with Gasteiger partial charge in [0.25, 0.3) is 5.69 Å². The molecule has 2 aromatic carbocycles. The Morgan fingerprint density at radius 1 is 1.28 bits per heavy atom. The lowest BCUT2D eigenvalue weighted by Gasteiger charge is -2.15. The SMILES string of the molecule is CCOc1cc(C)c(/C=N/NC(=O)Cc2ccc(C(F)(F)F)cc2[N+](=O)[O-])cc1C(C)C. The fourth-order valence-corrected chi connectivity index (χ4v) is 3.03. The van der Waals surface area contributed by atoms with Gasteiger partial charge in [-0.1, -0.05) is 19.9 Å². The van der Waals surface area contributed by atoms with Gasteiger partial charge in [-0.15, -0.1) is 0 Å². The molecule has 1 N–H and O–H groups in total. The van der Waals surface area contributed by atoms with Crippen LogP contribution in [0.3, 0.4) is 0 Å². The Morgan fingerprint density at radius 2 is 1.97 bits per heavy atom. The number of nitro groups is 1. The Morgan fingerprint density at radius 3 is 2.53 bits per heavy atom. The van der Waals surface area contributed by atoms with Crippen molar-refractivity contribution in [1.82, 2.24) is 5.43 Å². The fourth-order valence-electron chi connectivity index (χ4n) is 3.03. The predicted octanol–water partition coefficient (Wildman–Crippen LogP) is 5.14. The van der Waals surface area contributed by atoms with Gasteiger partial charge in [0, 0.05) is 11.6 Å². The number of rotatable bonds is 8. The first-order valence-corrected chi connectivity index (χ1v) is 9.87. The molecular weight excluding hydrogens is 427 g/mol. The number of ether oxygens (including phenoxy) is 1. The van der Waals surface area contributed by atoms with E-state index in [0.29, 0.717) is 18.7 Å². The van der Waals surface area contributed by atoms with Gasteiger partial charge in [0.2, 0.25) is 5.91 Å². The molecule has 0 aromatic heterocycles. The van der Waals surface area contributed by atoms with Gasteiger partial charge in [-0.3, -0.25) is 14.9 Å². The van der Waals surface area contributed by atoms with E-state index in [9.17, 15) is 28.1 Å². The van der Waals surface area contributed by atoms with Crippen molar-refractivity contribution in [2.45, 2.75) is 46.2 Å². The van der Waals surface area contributed by atoms with Crippen molar-refractivity contribution in [3.8, 4) is 5.75 Å². The maximum Gasteiger partial charge on any atom is 0.416 e. The van der Waals surface area contributed by atoms with Crippen molar-refractivity contribution in [3.05, 3.63) is 68.3 Å². The van der Waals surface area contributed by atoms with Gasteiger partial charge >= 0.3 is 6.18 Å². The van der Waals surface area contributed by atoms with E-state index in [1.54, 1.807) is 0 Å². The van der Waals surface area contributed by atoms with Crippen LogP contribution < -0.4 is 10.2 Å². The third-order valence-electron chi connectivity index (χ3n) is 4.67. The van der Waals surface area contributed by atoms with Crippen LogP contribution in [0.1, 0.15) is 54.5 Å². The monoisotopic (exact) mass is 451 g/mol. The average Bonchev–Trinajstić information content (AvgIpc) is 2.68. The van der Waals surface area contributed by atoms with E-state index in [2.05, 4.69) is 10.5 Å². The van der Waals surface area contributed by atoms with Crippen LogP contribution in [-0.2, 0) is 17.4 Å². The van der Waals surface area contributed by atoms with Crippen molar-refractivity contribution in [2.24, 2.45) is 5.10 Å². The summed E-state index contributed by atoms with van der Waals surface area (Å²) in [7, 11) is 0. The van der Waals surface area contributed by atoms with Gasteiger partial charge < -0.3 is 4.74 Å². The van der Waals surface area contributed by atoms with Gasteiger partial charge in [-0.05, 0) is 54.7 Å². The second-order valence-electron chi connectivity index (χ2n) is 7.40. The van der Waals surface area contributed by atoms with Crippen molar-refractivity contribution in [1.29, 1.82) is 0 Å². The standard InChI is InChI=1S/C22H24F3N3O4/c1-5-32-20-8-14(4)16(9-18(20)13(2)3)12-26-27-21(29)10-15-6-7-17(22(23,24)25)11-19(15)28(30)31/h6-9,11-13H,5,10H2,1-4H3,(H,27,29)/b26-12+. The molecule has 1 amide bonds. The van der Waals surface area contributed by atoms with Crippen molar-refractivity contribution < 1.29 is 27.6 Å². The summed E-state index contributed by atoms with van der Waals surface area (Å²) in [6.07, 6.45) is -3.78. The number of alkyl halides is 3. The van der Waals surface area contributed by atoms with E-state index >= 15 is 0 Å². The molecule has 0 saturated carbocycles. The molecule has 0 unspecified atom stereocenters. The molecule has 0 spiro atoms. The Bertz CT molecular complexity index is 1030. The summed E-state index contributed by atoms with van der Waals surface area (Å²) < 4.78 is 44.1. The number of aryl methyl sites for hydroxylation is 1. The summed E-state index contributed by atoms with van der Waals surface area (Å²) in [4.78, 5) is 22.4. The number of halogens is 3. The highest BCUT2D eigenvalue weighted by Gasteiger charge is 2.33. The Hall–Kier alpha value is -3.43. The molecule has 0 aliphatic heterocycles. The molecule has 0 saturated heterocycles. The van der Waals surface area contributed by atoms with Crippen LogP contribution in [0.25, 0.3) is 0 Å². The summed E-state index contributed by atoms with van der Waals surface area (Å²) in [5.74, 6) is 0.270. The van der Waals surface area contributed by atoms with Crippen molar-refractivity contribution in [3.63, 3.8) is 0 Å². The second-order valence-corrected chi connectivity index (χ2v) is 7.40. The number of carbonyl (C=O) groups excluding carboxylic acids is 1. The number of nitro benzene ring substituents is 1. The molecule has 172 valence electrons. The third-order valence-corrected chi connectivity index (χ3v) is 4.67. The number of benzene rings is 2. The minimum atomic E-state index is -4.72. The largest absolute Gasteiger partial charge is 0.494 e. The van der Waals surface area contributed by atoms with Crippen molar-refractivity contribution in [2.75, 3.05) is 6.61 Å². The number of nitrogens with one attached hydrogen (secondary N) is 1. The molecule has 0 atom stereocenters. The lowest BCUT2D eigenvalue weighted by Crippen LogP contribution is -2.20. The van der Waals surface area contributed by atoms with Gasteiger partial charge in [0.15, 0.2) is 0 Å². The molecule has 0 heterocycles. The molecule has 0 fully saturated rings. The molecule has 32 heavy (non-hydrogen) atoms. The molecule has 0 radical (unpaired) electrons. The highest BCUT2D eigenvalue weighted by atomic mass is 19.4. The maximum absolute atomic E-state index is 12.8. The zero-order valence-corrected chi connectivity index (χ0v) is 18.1. The van der Waals surface area contributed by atoms with E-state index in [4.69, 9.17) is 4.74 Å². The summed E-state index contributed by atoms with van der Waals surface area (Å²) >= 11 is 0. The zero-order chi connectivity index (χ0) is 24.1. The average molecular weight is 451 g/mol. The quantitative estimate of drug-likeness (QED) is 0.342. The Kier molecular flexibility index (Phi) is 7.96. The van der Waals surface area contributed by atoms with E-state index in [1.807, 2.05) is 39.8 Å². The first kappa shape index (κ1) is 24.8. The number of hydrogen-bond donors (Lipinski definition) is 1.